The molecule has 21 heavy (non-hydrogen) atoms. The van der Waals surface area contributed by atoms with Gasteiger partial charge in [-0.2, -0.15) is 0 Å². The second-order valence-corrected chi connectivity index (χ2v) is 5.99. The number of rotatable bonds is 5. The number of nitrogens with zero attached hydrogens (tertiary/aromatic N) is 2. The fraction of sp³-hybridized carbons (Fsp3) is 0.588. The summed E-state index contributed by atoms with van der Waals surface area (Å²) in [5.74, 6) is -0.172. The molecular formula is C17H26N2O2. The van der Waals surface area contributed by atoms with Gasteiger partial charge < -0.3 is 9.64 Å². The Bertz CT molecular complexity index is 466. The summed E-state index contributed by atoms with van der Waals surface area (Å²) in [5.41, 5.74) is 2.32. The normalized spacial score (nSPS) is 17.1. The van der Waals surface area contributed by atoms with Gasteiger partial charge in [-0.05, 0) is 51.2 Å². The maximum atomic E-state index is 11.5. The molecule has 0 amide bonds. The average molecular weight is 290 g/mol. The first kappa shape index (κ1) is 16.0. The summed E-state index contributed by atoms with van der Waals surface area (Å²) >= 11 is 0. The summed E-state index contributed by atoms with van der Waals surface area (Å²) in [5, 5.41) is 0. The molecule has 1 heterocycles. The zero-order chi connectivity index (χ0) is 15.2. The van der Waals surface area contributed by atoms with Crippen molar-refractivity contribution in [3.63, 3.8) is 0 Å². The first-order valence-electron chi connectivity index (χ1n) is 7.62. The maximum absolute atomic E-state index is 11.5. The van der Waals surface area contributed by atoms with Crippen LogP contribution >= 0.6 is 0 Å². The first-order valence-corrected chi connectivity index (χ1v) is 7.62. The molecule has 1 aromatic rings. The molecule has 0 N–H and O–H groups in total. The molecule has 0 aromatic heterocycles. The van der Waals surface area contributed by atoms with Crippen molar-refractivity contribution in [2.45, 2.75) is 31.8 Å². The first-order chi connectivity index (χ1) is 10.1. The SMILES string of the molecule is COC(=O)Cc1ccccc1CN1CCC(N(C)C)CC1. The van der Waals surface area contributed by atoms with Gasteiger partial charge in [0.1, 0.15) is 0 Å². The van der Waals surface area contributed by atoms with Crippen molar-refractivity contribution >= 4 is 5.97 Å². The highest BCUT2D eigenvalue weighted by atomic mass is 16.5. The maximum Gasteiger partial charge on any atom is 0.309 e. The van der Waals surface area contributed by atoms with Gasteiger partial charge in [-0.1, -0.05) is 24.3 Å². The molecule has 4 nitrogen and oxygen atoms in total. The Kier molecular flexibility index (Phi) is 5.76. The minimum atomic E-state index is -0.172. The summed E-state index contributed by atoms with van der Waals surface area (Å²) in [6.45, 7) is 3.16. The Labute approximate surface area is 127 Å². The van der Waals surface area contributed by atoms with Gasteiger partial charge in [-0.3, -0.25) is 9.69 Å². The van der Waals surface area contributed by atoms with E-state index in [2.05, 4.69) is 30.0 Å². The van der Waals surface area contributed by atoms with E-state index in [0.717, 1.165) is 25.2 Å². The van der Waals surface area contributed by atoms with Crippen LogP contribution in [-0.2, 0) is 22.5 Å². The van der Waals surface area contributed by atoms with E-state index >= 15 is 0 Å². The summed E-state index contributed by atoms with van der Waals surface area (Å²) < 4.78 is 4.78. The number of carbonyl (C=O) groups is 1. The lowest BCUT2D eigenvalue weighted by molar-refractivity contribution is -0.139. The lowest BCUT2D eigenvalue weighted by Crippen LogP contribution is -2.41. The molecule has 0 unspecified atom stereocenters. The molecule has 0 atom stereocenters. The molecule has 0 saturated carbocycles. The fourth-order valence-electron chi connectivity index (χ4n) is 2.95. The molecular weight excluding hydrogens is 264 g/mol. The van der Waals surface area contributed by atoms with E-state index < -0.39 is 0 Å². The second kappa shape index (κ2) is 7.57. The van der Waals surface area contributed by atoms with Crippen LogP contribution in [0, 0.1) is 0 Å². The Morgan fingerprint density at radius 2 is 1.86 bits per heavy atom. The van der Waals surface area contributed by atoms with E-state index in [9.17, 15) is 4.79 Å². The summed E-state index contributed by atoms with van der Waals surface area (Å²) in [6, 6.07) is 8.88. The largest absolute Gasteiger partial charge is 0.469 e. The van der Waals surface area contributed by atoms with Gasteiger partial charge in [0.05, 0.1) is 13.5 Å². The topological polar surface area (TPSA) is 32.8 Å². The van der Waals surface area contributed by atoms with E-state index in [4.69, 9.17) is 4.74 Å². The van der Waals surface area contributed by atoms with Crippen LogP contribution in [0.5, 0.6) is 0 Å². The molecule has 1 aliphatic heterocycles. The molecule has 1 saturated heterocycles. The molecule has 4 heteroatoms. The molecule has 1 fully saturated rings. The van der Waals surface area contributed by atoms with Crippen molar-refractivity contribution in [1.82, 2.24) is 9.80 Å². The van der Waals surface area contributed by atoms with Crippen molar-refractivity contribution in [2.24, 2.45) is 0 Å². The number of piperidine rings is 1. The molecule has 1 aliphatic rings. The smallest absolute Gasteiger partial charge is 0.309 e. The van der Waals surface area contributed by atoms with Crippen LogP contribution in [0.4, 0.5) is 0 Å². The van der Waals surface area contributed by atoms with Gasteiger partial charge in [0.2, 0.25) is 0 Å². The Morgan fingerprint density at radius 3 is 2.43 bits per heavy atom. The van der Waals surface area contributed by atoms with Gasteiger partial charge in [0.15, 0.2) is 0 Å². The van der Waals surface area contributed by atoms with Gasteiger partial charge in [0.25, 0.3) is 0 Å². The Balaban J connectivity index is 1.96. The molecule has 0 aliphatic carbocycles. The zero-order valence-corrected chi connectivity index (χ0v) is 13.3. The number of methoxy groups -OCH3 is 1. The van der Waals surface area contributed by atoms with Crippen LogP contribution < -0.4 is 0 Å². The van der Waals surface area contributed by atoms with Crippen molar-refractivity contribution < 1.29 is 9.53 Å². The highest BCUT2D eigenvalue weighted by molar-refractivity contribution is 5.72. The summed E-state index contributed by atoms with van der Waals surface area (Å²) in [7, 11) is 5.76. The highest BCUT2D eigenvalue weighted by Gasteiger charge is 2.21. The van der Waals surface area contributed by atoms with Gasteiger partial charge >= 0.3 is 5.97 Å². The van der Waals surface area contributed by atoms with E-state index in [0.29, 0.717) is 12.5 Å². The Hall–Kier alpha value is -1.39. The van der Waals surface area contributed by atoms with Crippen LogP contribution in [0.15, 0.2) is 24.3 Å². The molecule has 116 valence electrons. The number of carbonyl (C=O) groups excluding carboxylic acids is 1. The third-order valence-corrected chi connectivity index (χ3v) is 4.36. The van der Waals surface area contributed by atoms with Crippen molar-refractivity contribution in [2.75, 3.05) is 34.3 Å². The molecule has 0 radical (unpaired) electrons. The standard InChI is InChI=1S/C17H26N2O2/c1-18(2)16-8-10-19(11-9-16)13-15-7-5-4-6-14(15)12-17(20)21-3/h4-7,16H,8-13H2,1-3H3. The molecule has 0 spiro atoms. The van der Waals surface area contributed by atoms with E-state index in [1.54, 1.807) is 0 Å². The molecule has 0 bridgehead atoms. The summed E-state index contributed by atoms with van der Waals surface area (Å²) in [4.78, 5) is 16.3. The van der Waals surface area contributed by atoms with Crippen LogP contribution in [0.25, 0.3) is 0 Å². The molecule has 2 rings (SSSR count). The monoisotopic (exact) mass is 290 g/mol. The number of hydrogen-bond donors (Lipinski definition) is 0. The number of likely N-dealkylation sites (tertiary alicyclic amines) is 1. The third kappa shape index (κ3) is 4.55. The predicted octanol–water partition coefficient (Wildman–Crippen LogP) is 1.93. The molecule has 1 aromatic carbocycles. The Morgan fingerprint density at radius 1 is 1.24 bits per heavy atom. The lowest BCUT2D eigenvalue weighted by Gasteiger charge is -2.35. The lowest BCUT2D eigenvalue weighted by atomic mass is 10.0. The van der Waals surface area contributed by atoms with Gasteiger partial charge in [-0.25, -0.2) is 0 Å². The van der Waals surface area contributed by atoms with Crippen molar-refractivity contribution in [3.8, 4) is 0 Å². The second-order valence-electron chi connectivity index (χ2n) is 5.99. The van der Waals surface area contributed by atoms with Crippen LogP contribution in [-0.4, -0.2) is 56.1 Å². The minimum Gasteiger partial charge on any atom is -0.469 e. The van der Waals surface area contributed by atoms with E-state index in [1.807, 2.05) is 18.2 Å². The van der Waals surface area contributed by atoms with Crippen LogP contribution in [0.2, 0.25) is 0 Å². The van der Waals surface area contributed by atoms with E-state index in [-0.39, 0.29) is 5.97 Å². The zero-order valence-electron chi connectivity index (χ0n) is 13.3. The van der Waals surface area contributed by atoms with E-state index in [1.165, 1.54) is 25.5 Å². The third-order valence-electron chi connectivity index (χ3n) is 4.36. The number of benzene rings is 1. The van der Waals surface area contributed by atoms with Gasteiger partial charge in [0, 0.05) is 12.6 Å². The number of ether oxygens (including phenoxy) is 1. The van der Waals surface area contributed by atoms with Crippen molar-refractivity contribution in [1.29, 1.82) is 0 Å². The van der Waals surface area contributed by atoms with Crippen molar-refractivity contribution in [3.05, 3.63) is 35.4 Å². The van der Waals surface area contributed by atoms with Gasteiger partial charge in [-0.15, -0.1) is 0 Å². The number of hydrogen-bond acceptors (Lipinski definition) is 4. The predicted molar refractivity (Wildman–Crippen MR) is 84.1 cm³/mol. The van der Waals surface area contributed by atoms with Crippen LogP contribution in [0.3, 0.4) is 0 Å². The quantitative estimate of drug-likeness (QED) is 0.776. The number of esters is 1. The minimum absolute atomic E-state index is 0.172. The van der Waals surface area contributed by atoms with Crippen LogP contribution in [0.1, 0.15) is 24.0 Å². The average Bonchev–Trinajstić information content (AvgIpc) is 2.49. The fourth-order valence-corrected chi connectivity index (χ4v) is 2.95. The highest BCUT2D eigenvalue weighted by Crippen LogP contribution is 2.19. The summed E-state index contributed by atoms with van der Waals surface area (Å²) in [6.07, 6.45) is 2.79.